The van der Waals surface area contributed by atoms with Gasteiger partial charge in [0.2, 0.25) is 0 Å². The molecule has 0 fully saturated rings. The molecule has 1 rings (SSSR count). The smallest absolute Gasteiger partial charge is 0.0991 e. The number of nitrogens with zero attached hydrogens (tertiary/aromatic N) is 1. The van der Waals surface area contributed by atoms with Gasteiger partial charge in [0.25, 0.3) is 0 Å². The van der Waals surface area contributed by atoms with Gasteiger partial charge in [0.05, 0.1) is 11.6 Å². The van der Waals surface area contributed by atoms with E-state index >= 15 is 0 Å². The average Bonchev–Trinajstić information content (AvgIpc) is 1.90. The Balaban J connectivity index is 3.06. The van der Waals surface area contributed by atoms with Crippen LogP contribution in [-0.4, -0.2) is 0 Å². The monoisotopic (exact) mass is 233 g/mol. The Labute approximate surface area is 67.5 Å². The van der Waals surface area contributed by atoms with Gasteiger partial charge in [0.1, 0.15) is 0 Å². The van der Waals surface area contributed by atoms with E-state index in [0.29, 0.717) is 0 Å². The highest BCUT2D eigenvalue weighted by Gasteiger charge is 1.86. The first-order valence-electron chi connectivity index (χ1n) is 2.48. The number of nitriles is 1. The van der Waals surface area contributed by atoms with Gasteiger partial charge in [-0.3, -0.25) is 0 Å². The van der Waals surface area contributed by atoms with Gasteiger partial charge in [-0.1, -0.05) is 0 Å². The maximum Gasteiger partial charge on any atom is 0.0991 e. The molecular weight excluding hydrogens is 229 g/mol. The van der Waals surface area contributed by atoms with Crippen LogP contribution in [0.4, 0.5) is 0 Å². The fraction of sp³-hybridized carbons (Fsp3) is 0. The highest BCUT2D eigenvalue weighted by Crippen LogP contribution is 2.04. The van der Waals surface area contributed by atoms with Gasteiger partial charge in [-0.25, -0.2) is 0 Å². The van der Waals surface area contributed by atoms with E-state index in [9.17, 15) is 0 Å². The number of rotatable bonds is 0. The highest BCUT2D eigenvalue weighted by atomic mass is 131. The second-order valence-electron chi connectivity index (χ2n) is 1.62. The topological polar surface area (TPSA) is 23.8 Å². The molecule has 9 heavy (non-hydrogen) atoms. The first-order valence-corrected chi connectivity index (χ1v) is 3.56. The molecule has 0 radical (unpaired) electrons. The Morgan fingerprint density at radius 1 is 1.22 bits per heavy atom. The number of halogens is 1. The Bertz CT molecular complexity index is 232. The van der Waals surface area contributed by atoms with Crippen LogP contribution in [0.5, 0.6) is 0 Å². The van der Waals surface area contributed by atoms with Gasteiger partial charge >= 0.3 is 0 Å². The van der Waals surface area contributed by atoms with E-state index in [1.165, 1.54) is 0 Å². The van der Waals surface area contributed by atoms with Crippen LogP contribution in [0.25, 0.3) is 0 Å². The summed E-state index contributed by atoms with van der Waals surface area (Å²) >= 11 is 2.20. The van der Waals surface area contributed by atoms with E-state index in [2.05, 4.69) is 28.7 Å². The van der Waals surface area contributed by atoms with Gasteiger partial charge in [0, 0.05) is 3.57 Å². The standard InChI is InChI=1S/C7H4IN/c8-7-3-1-6(5-9)2-4-7/h1-4H/i8+4. The van der Waals surface area contributed by atoms with Crippen molar-refractivity contribution in [1.29, 1.82) is 5.26 Å². The zero-order chi connectivity index (χ0) is 6.69. The van der Waals surface area contributed by atoms with Crippen LogP contribution < -0.4 is 0 Å². The normalized spacial score (nSPS) is 8.44. The lowest BCUT2D eigenvalue weighted by Gasteiger charge is -1.86. The van der Waals surface area contributed by atoms with Gasteiger partial charge in [-0.15, -0.1) is 0 Å². The van der Waals surface area contributed by atoms with Crippen LogP contribution in [0.1, 0.15) is 5.56 Å². The molecule has 0 aliphatic carbocycles. The summed E-state index contributed by atoms with van der Waals surface area (Å²) in [6.45, 7) is 0. The zero-order valence-electron chi connectivity index (χ0n) is 4.63. The molecule has 0 N–H and O–H groups in total. The molecule has 0 bridgehead atoms. The molecule has 1 aromatic rings. The SMILES string of the molecule is N#Cc1ccc([131I])cc1. The summed E-state index contributed by atoms with van der Waals surface area (Å²) in [7, 11) is 0. The van der Waals surface area contributed by atoms with E-state index in [1.807, 2.05) is 24.3 Å². The minimum absolute atomic E-state index is 0.718. The number of benzene rings is 1. The molecular formula is C7H4IN. The maximum absolute atomic E-state index is 8.38. The summed E-state index contributed by atoms with van der Waals surface area (Å²) in [5.74, 6) is 0. The second kappa shape index (κ2) is 2.83. The molecule has 0 saturated heterocycles. The molecule has 0 aliphatic rings. The van der Waals surface area contributed by atoms with Crippen LogP contribution in [0.2, 0.25) is 0 Å². The summed E-state index contributed by atoms with van der Waals surface area (Å²) in [5.41, 5.74) is 0.718. The lowest BCUT2D eigenvalue weighted by Crippen LogP contribution is -1.72. The largest absolute Gasteiger partial charge is 0.192 e. The van der Waals surface area contributed by atoms with E-state index < -0.39 is 0 Å². The lowest BCUT2D eigenvalue weighted by atomic mass is 10.2. The Morgan fingerprint density at radius 2 is 1.78 bits per heavy atom. The van der Waals surface area contributed by atoms with Crippen molar-refractivity contribution < 1.29 is 0 Å². The molecule has 0 spiro atoms. The Morgan fingerprint density at radius 3 is 2.22 bits per heavy atom. The zero-order valence-corrected chi connectivity index (χ0v) is 6.79. The molecule has 0 aliphatic heterocycles. The molecule has 0 amide bonds. The van der Waals surface area contributed by atoms with Crippen LogP contribution >= 0.6 is 22.6 Å². The van der Waals surface area contributed by atoms with Crippen molar-refractivity contribution in [2.45, 2.75) is 0 Å². The molecule has 0 atom stereocenters. The summed E-state index contributed by atoms with van der Waals surface area (Å²) in [6, 6.07) is 9.50. The van der Waals surface area contributed by atoms with Crippen molar-refractivity contribution in [3.63, 3.8) is 0 Å². The quantitative estimate of drug-likeness (QED) is 0.630. The number of hydrogen-bond acceptors (Lipinski definition) is 1. The van der Waals surface area contributed by atoms with Crippen molar-refractivity contribution in [3.05, 3.63) is 33.4 Å². The van der Waals surface area contributed by atoms with Crippen molar-refractivity contribution in [2.24, 2.45) is 0 Å². The first-order chi connectivity index (χ1) is 4.33. The fourth-order valence-electron chi connectivity index (χ4n) is 0.524. The van der Waals surface area contributed by atoms with Crippen molar-refractivity contribution in [1.82, 2.24) is 0 Å². The predicted octanol–water partition coefficient (Wildman–Crippen LogP) is 2.16. The van der Waals surface area contributed by atoms with Gasteiger partial charge in [0.15, 0.2) is 0 Å². The summed E-state index contributed by atoms with van der Waals surface area (Å²) in [5, 5.41) is 8.38. The molecule has 44 valence electrons. The van der Waals surface area contributed by atoms with Crippen molar-refractivity contribution in [3.8, 4) is 6.07 Å². The van der Waals surface area contributed by atoms with Crippen LogP contribution in [0.3, 0.4) is 0 Å². The van der Waals surface area contributed by atoms with E-state index in [4.69, 9.17) is 5.26 Å². The molecule has 1 aromatic carbocycles. The fourth-order valence-corrected chi connectivity index (χ4v) is 0.884. The van der Waals surface area contributed by atoms with E-state index in [-0.39, 0.29) is 0 Å². The third-order valence-electron chi connectivity index (χ3n) is 0.973. The van der Waals surface area contributed by atoms with Gasteiger partial charge in [-0.2, -0.15) is 5.26 Å². The lowest BCUT2D eigenvalue weighted by molar-refractivity contribution is 1.48. The van der Waals surface area contributed by atoms with Crippen LogP contribution in [-0.2, 0) is 0 Å². The summed E-state index contributed by atoms with van der Waals surface area (Å²) < 4.78 is 1.16. The van der Waals surface area contributed by atoms with Gasteiger partial charge in [-0.05, 0) is 46.9 Å². The summed E-state index contributed by atoms with van der Waals surface area (Å²) in [6.07, 6.45) is 0. The molecule has 0 heterocycles. The maximum atomic E-state index is 8.38. The molecule has 2 heteroatoms. The Hall–Kier alpha value is -0.560. The third kappa shape index (κ3) is 1.68. The third-order valence-corrected chi connectivity index (χ3v) is 1.69. The minimum Gasteiger partial charge on any atom is -0.192 e. The first kappa shape index (κ1) is 6.56. The van der Waals surface area contributed by atoms with E-state index in [0.717, 1.165) is 9.13 Å². The van der Waals surface area contributed by atoms with Gasteiger partial charge < -0.3 is 0 Å². The van der Waals surface area contributed by atoms with Crippen molar-refractivity contribution >= 4 is 22.6 Å². The van der Waals surface area contributed by atoms with E-state index in [1.54, 1.807) is 0 Å². The summed E-state index contributed by atoms with van der Waals surface area (Å²) in [4.78, 5) is 0. The predicted molar refractivity (Wildman–Crippen MR) is 43.9 cm³/mol. The average molecular weight is 233 g/mol. The highest BCUT2D eigenvalue weighted by molar-refractivity contribution is 14.1. The number of hydrogen-bond donors (Lipinski definition) is 0. The van der Waals surface area contributed by atoms with Crippen molar-refractivity contribution in [2.75, 3.05) is 0 Å². The minimum atomic E-state index is 0.718. The van der Waals surface area contributed by atoms with Crippen LogP contribution in [0, 0.1) is 14.9 Å². The Kier molecular flexibility index (Phi) is 2.06. The molecule has 1 nitrogen and oxygen atoms in total. The molecule has 0 unspecified atom stereocenters. The van der Waals surface area contributed by atoms with Crippen LogP contribution in [0.15, 0.2) is 24.3 Å². The molecule has 0 saturated carbocycles. The molecule has 0 aromatic heterocycles. The second-order valence-corrected chi connectivity index (χ2v) is 2.86.